The van der Waals surface area contributed by atoms with Crippen molar-refractivity contribution < 1.29 is 38.0 Å². The molecule has 1 aliphatic carbocycles. The summed E-state index contributed by atoms with van der Waals surface area (Å²) in [6.07, 6.45) is 32.2. The van der Waals surface area contributed by atoms with Crippen molar-refractivity contribution in [2.75, 3.05) is 61.0 Å². The Morgan fingerprint density at radius 1 is 0.548 bits per heavy atom. The van der Waals surface area contributed by atoms with E-state index in [-0.39, 0.29) is 5.92 Å². The van der Waals surface area contributed by atoms with Gasteiger partial charge in [-0.2, -0.15) is 0 Å². The van der Waals surface area contributed by atoms with Gasteiger partial charge in [-0.1, -0.05) is 196 Å². The normalized spacial score (nSPS) is 13.6. The van der Waals surface area contributed by atoms with Gasteiger partial charge in [0.1, 0.15) is 17.8 Å². The molecular weight excluding hydrogens is 1080 g/mol. The second-order valence-electron chi connectivity index (χ2n) is 19.4. The van der Waals surface area contributed by atoms with E-state index in [1.165, 1.54) is 104 Å². The van der Waals surface area contributed by atoms with Crippen LogP contribution in [0.1, 0.15) is 172 Å². The molecule has 8 nitrogen and oxygen atoms in total. The molecule has 1 heterocycles. The quantitative estimate of drug-likeness (QED) is 0.0165. The van der Waals surface area contributed by atoms with Gasteiger partial charge < -0.3 is 33.2 Å². The minimum atomic E-state index is 0.136. The first-order valence-electron chi connectivity index (χ1n) is 30.8. The van der Waals surface area contributed by atoms with Crippen molar-refractivity contribution in [2.45, 2.75) is 165 Å². The molecule has 0 saturated heterocycles. The van der Waals surface area contributed by atoms with Gasteiger partial charge in [-0.3, -0.25) is 4.79 Å². The van der Waals surface area contributed by atoms with Gasteiger partial charge in [-0.25, -0.2) is 0 Å². The van der Waals surface area contributed by atoms with Gasteiger partial charge in [0.15, 0.2) is 12.0 Å². The number of hydrogen-bond acceptors (Lipinski definition) is 10. The van der Waals surface area contributed by atoms with Gasteiger partial charge in [0.25, 0.3) is 0 Å². The summed E-state index contributed by atoms with van der Waals surface area (Å²) in [4.78, 5) is 23.3. The zero-order valence-corrected chi connectivity index (χ0v) is 55.2. The third kappa shape index (κ3) is 34.9. The van der Waals surface area contributed by atoms with Crippen LogP contribution >= 0.6 is 23.5 Å². The predicted molar refractivity (Wildman–Crippen MR) is 364 cm³/mol. The van der Waals surface area contributed by atoms with E-state index < -0.39 is 0 Å². The molecule has 10 heteroatoms. The molecule has 1 aliphatic heterocycles. The lowest BCUT2D eigenvalue weighted by Crippen LogP contribution is -2.17. The minimum Gasteiger partial charge on any atom is -0.494 e. The van der Waals surface area contributed by atoms with Gasteiger partial charge in [-0.15, -0.1) is 19.4 Å². The summed E-state index contributed by atoms with van der Waals surface area (Å²) >= 11 is 3.82. The molecule has 4 aromatic carbocycles. The van der Waals surface area contributed by atoms with Crippen LogP contribution in [0, 0.1) is 36.5 Å². The summed E-state index contributed by atoms with van der Waals surface area (Å²) in [5.41, 5.74) is 9.37. The average molecular weight is 1190 g/mol. The Bertz CT molecular complexity index is 2380. The zero-order valence-electron chi connectivity index (χ0n) is 53.5. The number of thioether (sulfide) groups is 2. The van der Waals surface area contributed by atoms with Crippen LogP contribution < -0.4 is 9.47 Å². The van der Waals surface area contributed by atoms with Crippen LogP contribution in [0.5, 0.6) is 11.5 Å². The zero-order chi connectivity index (χ0) is 62.4. The maximum absolute atomic E-state index is 11.7. The molecule has 0 N–H and O–H groups in total. The first-order chi connectivity index (χ1) is 41.1. The fourth-order valence-corrected chi connectivity index (χ4v) is 11.1. The molecule has 84 heavy (non-hydrogen) atoms. The summed E-state index contributed by atoms with van der Waals surface area (Å²) < 4.78 is 32.7. The molecular formula is C74H106O8S2. The minimum absolute atomic E-state index is 0.136. The number of rotatable bonds is 30. The Morgan fingerprint density at radius 2 is 0.952 bits per heavy atom. The topological polar surface area (TPSA) is 89.5 Å². The number of aryl methyl sites for hydroxylation is 2. The summed E-state index contributed by atoms with van der Waals surface area (Å²) in [5.74, 6) is 6.72. The SMILES string of the molecule is C#CC(=C)OCCCOc1ccc(CCOC)cc1.C#CC=O.C=CC1CCC(C=O)CC1=C1SC(c2ccc(CCCCC)cc2)=C(c2ccc(CCCCC)cc2)S1.CC.CC.CCCC.COCCCOc1ccc(CCOC)cc1. The van der Waals surface area contributed by atoms with Gasteiger partial charge >= 0.3 is 0 Å². The highest BCUT2D eigenvalue weighted by molar-refractivity contribution is 8.34. The van der Waals surface area contributed by atoms with Gasteiger partial charge in [0, 0.05) is 60.7 Å². The monoisotopic (exact) mass is 1190 g/mol. The molecule has 0 spiro atoms. The Hall–Kier alpha value is -5.72. The molecule has 0 amide bonds. The van der Waals surface area contributed by atoms with Crippen molar-refractivity contribution in [1.29, 1.82) is 0 Å². The van der Waals surface area contributed by atoms with E-state index in [4.69, 9.17) is 39.6 Å². The lowest BCUT2D eigenvalue weighted by molar-refractivity contribution is -0.111. The summed E-state index contributed by atoms with van der Waals surface area (Å²) in [5, 5.41) is 0. The van der Waals surface area contributed by atoms with E-state index in [0.29, 0.717) is 37.8 Å². The van der Waals surface area contributed by atoms with Gasteiger partial charge in [0.2, 0.25) is 0 Å². The van der Waals surface area contributed by atoms with Crippen LogP contribution in [0.3, 0.4) is 0 Å². The van der Waals surface area contributed by atoms with Gasteiger partial charge in [-0.05, 0) is 145 Å². The lowest BCUT2D eigenvalue weighted by atomic mass is 9.79. The summed E-state index contributed by atoms with van der Waals surface area (Å²) in [6, 6.07) is 34.7. The number of terminal acetylenes is 2. The molecule has 0 radical (unpaired) electrons. The third-order valence-corrected chi connectivity index (χ3v) is 15.9. The van der Waals surface area contributed by atoms with E-state index >= 15 is 0 Å². The second-order valence-corrected chi connectivity index (χ2v) is 21.7. The van der Waals surface area contributed by atoms with Crippen molar-refractivity contribution >= 4 is 45.9 Å². The number of methoxy groups -OCH3 is 3. The number of aldehydes is 2. The van der Waals surface area contributed by atoms with E-state index in [9.17, 15) is 4.79 Å². The molecule has 1 saturated carbocycles. The number of carbonyl (C=O) groups excluding carboxylic acids is 2. The number of ether oxygens (including phenoxy) is 6. The molecule has 4 aromatic rings. The predicted octanol–water partition coefficient (Wildman–Crippen LogP) is 19.2. The molecule has 462 valence electrons. The molecule has 6 rings (SSSR count). The van der Waals surface area contributed by atoms with E-state index in [1.807, 2.05) is 87.6 Å². The van der Waals surface area contributed by atoms with Crippen LogP contribution in [0.25, 0.3) is 9.81 Å². The van der Waals surface area contributed by atoms with Crippen LogP contribution in [0.15, 0.2) is 132 Å². The van der Waals surface area contributed by atoms with Crippen molar-refractivity contribution in [3.05, 3.63) is 165 Å². The Kier molecular flexibility index (Phi) is 50.3. The Balaban J connectivity index is 0.00000123. The number of carbonyl (C=O) groups is 2. The molecule has 0 bridgehead atoms. The van der Waals surface area contributed by atoms with E-state index in [0.717, 1.165) is 95.4 Å². The van der Waals surface area contributed by atoms with Crippen LogP contribution in [-0.2, 0) is 54.2 Å². The smallest absolute Gasteiger partial charge is 0.192 e. The number of allylic oxidation sites excluding steroid dienone is 3. The third-order valence-electron chi connectivity index (χ3n) is 13.0. The fourth-order valence-electron chi connectivity index (χ4n) is 8.15. The van der Waals surface area contributed by atoms with Crippen LogP contribution in [-0.4, -0.2) is 73.5 Å². The molecule has 1 fully saturated rings. The maximum Gasteiger partial charge on any atom is 0.192 e. The lowest BCUT2D eigenvalue weighted by Gasteiger charge is -2.28. The van der Waals surface area contributed by atoms with E-state index in [1.54, 1.807) is 27.2 Å². The number of unbranched alkanes of at least 4 members (excludes halogenated alkanes) is 5. The maximum atomic E-state index is 11.7. The van der Waals surface area contributed by atoms with Crippen molar-refractivity contribution in [1.82, 2.24) is 0 Å². The highest BCUT2D eigenvalue weighted by Gasteiger charge is 2.32. The molecule has 0 aromatic heterocycles. The highest BCUT2D eigenvalue weighted by atomic mass is 32.2. The molecule has 2 aliphatic rings. The van der Waals surface area contributed by atoms with Crippen LogP contribution in [0.2, 0.25) is 0 Å². The standard InChI is InChI=1S/C34H42OS2.C16H20O3.C13H20O3.C4H10.C3H2O.2C2H6/c1-4-7-9-11-25-13-19-29(20-14-25)32-33(30-21-15-26(16-22-30)12-10-8-5-2)37-34(36-32)31-23-27(24-35)17-18-28(31)6-3;1-4-14(2)18-11-5-12-19-16-8-6-15(7-9-16)10-13-17-3;1-14-9-3-10-16-13-6-4-12(5-7-13)8-11-15-2;1-3-4-2;1-2-3-4;2*1-2/h6,13-16,19-22,24,27-28H,3-5,7-12,17-18,23H2,1-2H3;1,6-9H,2,5,10-13H2,3H3;4-7H,3,8-11H2,1-2H3;3-4H2,1-2H3;1,3H;2*1-2H3. The van der Waals surface area contributed by atoms with E-state index in [2.05, 4.69) is 120 Å². The Labute approximate surface area is 519 Å². The summed E-state index contributed by atoms with van der Waals surface area (Å²) in [6.45, 7) is 28.6. The Morgan fingerprint density at radius 3 is 1.31 bits per heavy atom. The largest absolute Gasteiger partial charge is 0.494 e. The van der Waals surface area contributed by atoms with Crippen molar-refractivity contribution in [3.63, 3.8) is 0 Å². The second kappa shape index (κ2) is 54.0. The van der Waals surface area contributed by atoms with Crippen molar-refractivity contribution in [2.24, 2.45) is 11.8 Å². The van der Waals surface area contributed by atoms with Gasteiger partial charge in [0.05, 0.1) is 33.0 Å². The number of benzene rings is 4. The average Bonchev–Trinajstić information content (AvgIpc) is 4.14. The van der Waals surface area contributed by atoms with Crippen molar-refractivity contribution in [3.8, 4) is 36.2 Å². The van der Waals surface area contributed by atoms with Crippen LogP contribution in [0.4, 0.5) is 0 Å². The fraction of sp³-hybridized carbons (Fsp3) is 0.486. The molecule has 2 unspecified atom stereocenters. The first-order valence-corrected chi connectivity index (χ1v) is 32.4. The number of hydrogen-bond donors (Lipinski definition) is 0. The molecule has 2 atom stereocenters. The summed E-state index contributed by atoms with van der Waals surface area (Å²) in [7, 11) is 5.12. The first kappa shape index (κ1) is 78.3. The highest BCUT2D eigenvalue weighted by Crippen LogP contribution is 2.60.